The Balaban J connectivity index is 0.00000196. The van der Waals surface area contributed by atoms with E-state index in [9.17, 15) is 18.3 Å². The fourth-order valence-electron chi connectivity index (χ4n) is 0.959. The van der Waals surface area contributed by atoms with Crippen molar-refractivity contribution in [2.45, 2.75) is 12.2 Å². The van der Waals surface area contributed by atoms with Gasteiger partial charge in [-0.1, -0.05) is 12.1 Å². The molecule has 0 amide bonds. The van der Waals surface area contributed by atoms with Crippen molar-refractivity contribution >= 4 is 28.3 Å². The van der Waals surface area contributed by atoms with Crippen LogP contribution >= 0.6 is 28.3 Å². The summed E-state index contributed by atoms with van der Waals surface area (Å²) < 4.78 is 36.8. The molecule has 0 unspecified atom stereocenters. The Morgan fingerprint density at radius 1 is 1.33 bits per heavy atom. The molecule has 1 aromatic carbocycles. The zero-order chi connectivity index (χ0) is 10.9. The first kappa shape index (κ1) is 14.5. The van der Waals surface area contributed by atoms with Gasteiger partial charge in [-0.25, -0.2) is 0 Å². The van der Waals surface area contributed by atoms with Gasteiger partial charge in [0.1, 0.15) is 11.8 Å². The maximum Gasteiger partial charge on any atom is 0.407 e. The molecular formula is C8H8BrClF3NO. The first-order valence-electron chi connectivity index (χ1n) is 3.63. The number of alkyl halides is 3. The van der Waals surface area contributed by atoms with E-state index in [1.807, 2.05) is 0 Å². The van der Waals surface area contributed by atoms with Crippen LogP contribution in [0.3, 0.4) is 0 Å². The molecule has 15 heavy (non-hydrogen) atoms. The van der Waals surface area contributed by atoms with Crippen molar-refractivity contribution in [3.05, 3.63) is 28.2 Å². The zero-order valence-corrected chi connectivity index (χ0v) is 9.66. The van der Waals surface area contributed by atoms with E-state index in [-0.39, 0.29) is 22.4 Å². The lowest BCUT2D eigenvalue weighted by atomic mass is 10.1. The van der Waals surface area contributed by atoms with Gasteiger partial charge in [0, 0.05) is 5.56 Å². The Hall–Kier alpha value is -0.460. The van der Waals surface area contributed by atoms with Gasteiger partial charge >= 0.3 is 6.18 Å². The van der Waals surface area contributed by atoms with Crippen molar-refractivity contribution < 1.29 is 18.3 Å². The van der Waals surface area contributed by atoms with Crippen molar-refractivity contribution in [3.63, 3.8) is 0 Å². The van der Waals surface area contributed by atoms with Gasteiger partial charge in [0.05, 0.1) is 4.47 Å². The molecule has 1 aromatic rings. The number of halogens is 5. The summed E-state index contributed by atoms with van der Waals surface area (Å²) in [6.07, 6.45) is -4.56. The second-order valence-electron chi connectivity index (χ2n) is 2.70. The van der Waals surface area contributed by atoms with Gasteiger partial charge in [-0.15, -0.1) is 12.4 Å². The van der Waals surface area contributed by atoms with Gasteiger partial charge in [-0.2, -0.15) is 13.2 Å². The fraction of sp³-hybridized carbons (Fsp3) is 0.250. The lowest BCUT2D eigenvalue weighted by molar-refractivity contribution is -0.149. The van der Waals surface area contributed by atoms with Crippen LogP contribution in [0, 0.1) is 0 Å². The van der Waals surface area contributed by atoms with Crippen molar-refractivity contribution in [2.75, 3.05) is 0 Å². The minimum Gasteiger partial charge on any atom is -0.506 e. The first-order chi connectivity index (χ1) is 6.34. The van der Waals surface area contributed by atoms with E-state index in [2.05, 4.69) is 15.9 Å². The highest BCUT2D eigenvalue weighted by molar-refractivity contribution is 9.10. The summed E-state index contributed by atoms with van der Waals surface area (Å²) in [7, 11) is 0. The monoisotopic (exact) mass is 305 g/mol. The molecule has 7 heteroatoms. The number of phenolic OH excluding ortho intramolecular Hbond substituents is 1. The van der Waals surface area contributed by atoms with E-state index in [0.717, 1.165) is 6.07 Å². The molecule has 0 bridgehead atoms. The summed E-state index contributed by atoms with van der Waals surface area (Å²) in [5.41, 5.74) is 4.60. The molecule has 0 heterocycles. The third kappa shape index (κ3) is 3.25. The predicted molar refractivity (Wildman–Crippen MR) is 56.0 cm³/mol. The highest BCUT2D eigenvalue weighted by atomic mass is 79.9. The van der Waals surface area contributed by atoms with Crippen LogP contribution in [0.2, 0.25) is 0 Å². The van der Waals surface area contributed by atoms with Crippen LogP contribution in [-0.2, 0) is 0 Å². The lowest BCUT2D eigenvalue weighted by Crippen LogP contribution is -2.28. The zero-order valence-electron chi connectivity index (χ0n) is 7.25. The summed E-state index contributed by atoms with van der Waals surface area (Å²) in [6, 6.07) is 1.78. The first-order valence-corrected chi connectivity index (χ1v) is 4.43. The fourth-order valence-corrected chi connectivity index (χ4v) is 1.34. The molecule has 3 N–H and O–H groups in total. The number of rotatable bonds is 1. The average molecular weight is 307 g/mol. The Kier molecular flexibility index (Phi) is 4.89. The molecule has 0 saturated carbocycles. The van der Waals surface area contributed by atoms with Gasteiger partial charge in [-0.05, 0) is 22.0 Å². The Morgan fingerprint density at radius 2 is 1.87 bits per heavy atom. The van der Waals surface area contributed by atoms with E-state index in [1.165, 1.54) is 12.1 Å². The molecule has 0 aliphatic heterocycles. The summed E-state index contributed by atoms with van der Waals surface area (Å²) in [4.78, 5) is 0. The summed E-state index contributed by atoms with van der Waals surface area (Å²) in [6.45, 7) is 0. The van der Waals surface area contributed by atoms with E-state index in [4.69, 9.17) is 5.73 Å². The van der Waals surface area contributed by atoms with Gasteiger partial charge in [-0.3, -0.25) is 0 Å². The number of nitrogens with two attached hydrogens (primary N) is 1. The highest BCUT2D eigenvalue weighted by Crippen LogP contribution is 2.37. The maximum absolute atomic E-state index is 12.2. The predicted octanol–water partition coefficient (Wildman–Crippen LogP) is 3.14. The molecule has 1 rings (SSSR count). The van der Waals surface area contributed by atoms with E-state index in [0.29, 0.717) is 0 Å². The molecule has 0 fully saturated rings. The molecule has 0 saturated heterocycles. The van der Waals surface area contributed by atoms with Crippen molar-refractivity contribution in [3.8, 4) is 5.75 Å². The summed E-state index contributed by atoms with van der Waals surface area (Å²) >= 11 is 2.91. The average Bonchev–Trinajstić information content (AvgIpc) is 2.07. The van der Waals surface area contributed by atoms with E-state index >= 15 is 0 Å². The molecule has 0 aliphatic carbocycles. The largest absolute Gasteiger partial charge is 0.506 e. The smallest absolute Gasteiger partial charge is 0.407 e. The summed E-state index contributed by atoms with van der Waals surface area (Å²) in [5, 5.41) is 9.30. The number of hydrogen-bond donors (Lipinski definition) is 2. The summed E-state index contributed by atoms with van der Waals surface area (Å²) in [5.74, 6) is -0.475. The van der Waals surface area contributed by atoms with Crippen LogP contribution in [0.5, 0.6) is 5.75 Å². The SMILES string of the molecule is Cl.N[C@H](c1cccc(Br)c1O)C(F)(F)F. The van der Waals surface area contributed by atoms with Crippen molar-refractivity contribution in [1.82, 2.24) is 0 Å². The molecule has 1 atom stereocenters. The Morgan fingerprint density at radius 3 is 2.33 bits per heavy atom. The van der Waals surface area contributed by atoms with Crippen LogP contribution < -0.4 is 5.73 Å². The Bertz CT molecular complexity index is 345. The van der Waals surface area contributed by atoms with Gasteiger partial charge in [0.15, 0.2) is 0 Å². The number of para-hydroxylation sites is 1. The van der Waals surface area contributed by atoms with Crippen LogP contribution in [0.4, 0.5) is 13.2 Å². The number of phenols is 1. The second-order valence-corrected chi connectivity index (χ2v) is 3.55. The molecule has 86 valence electrons. The normalized spacial score (nSPS) is 13.1. The van der Waals surface area contributed by atoms with Crippen LogP contribution in [0.15, 0.2) is 22.7 Å². The van der Waals surface area contributed by atoms with Crippen LogP contribution in [-0.4, -0.2) is 11.3 Å². The molecule has 0 spiro atoms. The number of hydrogen-bond acceptors (Lipinski definition) is 2. The molecule has 2 nitrogen and oxygen atoms in total. The number of benzene rings is 1. The highest BCUT2D eigenvalue weighted by Gasteiger charge is 2.39. The Labute approximate surface area is 98.8 Å². The topological polar surface area (TPSA) is 46.2 Å². The van der Waals surface area contributed by atoms with Gasteiger partial charge in [0.2, 0.25) is 0 Å². The van der Waals surface area contributed by atoms with E-state index < -0.39 is 18.0 Å². The molecule has 0 aliphatic rings. The van der Waals surface area contributed by atoms with Crippen molar-refractivity contribution in [2.24, 2.45) is 5.73 Å². The lowest BCUT2D eigenvalue weighted by Gasteiger charge is -2.17. The maximum atomic E-state index is 12.2. The molecule has 0 aromatic heterocycles. The third-order valence-electron chi connectivity index (χ3n) is 1.71. The van der Waals surface area contributed by atoms with E-state index in [1.54, 1.807) is 0 Å². The number of aromatic hydroxyl groups is 1. The minimum atomic E-state index is -4.56. The van der Waals surface area contributed by atoms with Crippen LogP contribution in [0.1, 0.15) is 11.6 Å². The quantitative estimate of drug-likeness (QED) is 0.837. The van der Waals surface area contributed by atoms with Gasteiger partial charge < -0.3 is 10.8 Å². The molecular weight excluding hydrogens is 298 g/mol. The van der Waals surface area contributed by atoms with Crippen molar-refractivity contribution in [1.29, 1.82) is 0 Å². The molecule has 0 radical (unpaired) electrons. The standard InChI is InChI=1S/C8H7BrF3NO.ClH/c9-5-3-1-2-4(6(5)14)7(13)8(10,11)12;/h1-3,7,14H,13H2;1H/t7-;/m1./s1. The minimum absolute atomic E-state index is 0. The third-order valence-corrected chi connectivity index (χ3v) is 2.35. The second kappa shape index (κ2) is 5.05. The van der Waals surface area contributed by atoms with Gasteiger partial charge in [0.25, 0.3) is 0 Å². The van der Waals surface area contributed by atoms with Crippen LogP contribution in [0.25, 0.3) is 0 Å².